The van der Waals surface area contributed by atoms with Crippen molar-refractivity contribution in [3.63, 3.8) is 0 Å². The number of benzene rings is 2. The van der Waals surface area contributed by atoms with Crippen LogP contribution < -0.4 is 16.0 Å². The van der Waals surface area contributed by atoms with E-state index < -0.39 is 0 Å². The summed E-state index contributed by atoms with van der Waals surface area (Å²) in [6.45, 7) is 4.86. The number of aromatic nitrogens is 1. The maximum atomic E-state index is 4.61. The lowest BCUT2D eigenvalue weighted by molar-refractivity contribution is 0.198. The van der Waals surface area contributed by atoms with Crippen LogP contribution in [0.4, 0.5) is 5.13 Å². The molecule has 8 heteroatoms. The Kier molecular flexibility index (Phi) is 9.35. The number of thiazole rings is 1. The summed E-state index contributed by atoms with van der Waals surface area (Å²) < 4.78 is 1.21. The number of hydrogen-bond donors (Lipinski definition) is 3. The molecule has 1 aliphatic rings. The molecule has 31 heavy (non-hydrogen) atoms. The van der Waals surface area contributed by atoms with E-state index in [0.29, 0.717) is 6.04 Å². The summed E-state index contributed by atoms with van der Waals surface area (Å²) in [6.07, 6.45) is 2.27. The second-order valence-corrected chi connectivity index (χ2v) is 8.62. The molecule has 0 aliphatic carbocycles. The van der Waals surface area contributed by atoms with Crippen LogP contribution in [0.2, 0.25) is 0 Å². The monoisotopic (exact) mass is 550 g/mol. The zero-order chi connectivity index (χ0) is 20.6. The predicted octanol–water partition coefficient (Wildman–Crippen LogP) is 4.16. The zero-order valence-corrected chi connectivity index (χ0v) is 21.0. The molecule has 0 spiro atoms. The topological polar surface area (TPSA) is 64.6 Å². The summed E-state index contributed by atoms with van der Waals surface area (Å²) in [7, 11) is 1.83. The SMILES string of the molecule is CN=C(NCCNc1nc2ccccc2s1)NC1CCN(Cc2ccccc2)CC1.I. The predicted molar refractivity (Wildman–Crippen MR) is 143 cm³/mol. The van der Waals surface area contributed by atoms with E-state index in [2.05, 4.69) is 67.2 Å². The number of aliphatic imine (C=N–C) groups is 1. The Morgan fingerprint density at radius 1 is 1.06 bits per heavy atom. The lowest BCUT2D eigenvalue weighted by Crippen LogP contribution is -2.49. The van der Waals surface area contributed by atoms with Crippen molar-refractivity contribution in [3.8, 4) is 0 Å². The fourth-order valence-corrected chi connectivity index (χ4v) is 4.65. The number of rotatable bonds is 7. The van der Waals surface area contributed by atoms with Crippen LogP contribution in [-0.2, 0) is 6.54 Å². The van der Waals surface area contributed by atoms with Gasteiger partial charge in [0.2, 0.25) is 0 Å². The lowest BCUT2D eigenvalue weighted by Gasteiger charge is -2.33. The van der Waals surface area contributed by atoms with Crippen molar-refractivity contribution >= 4 is 56.6 Å². The maximum absolute atomic E-state index is 4.61. The van der Waals surface area contributed by atoms with Gasteiger partial charge >= 0.3 is 0 Å². The van der Waals surface area contributed by atoms with E-state index in [-0.39, 0.29) is 24.0 Å². The van der Waals surface area contributed by atoms with Crippen LogP contribution in [0.3, 0.4) is 0 Å². The highest BCUT2D eigenvalue weighted by molar-refractivity contribution is 14.0. The van der Waals surface area contributed by atoms with E-state index in [1.807, 2.05) is 25.2 Å². The van der Waals surface area contributed by atoms with Gasteiger partial charge in [0.15, 0.2) is 11.1 Å². The zero-order valence-electron chi connectivity index (χ0n) is 17.9. The molecule has 2 aromatic carbocycles. The van der Waals surface area contributed by atoms with Crippen LogP contribution in [0, 0.1) is 0 Å². The summed E-state index contributed by atoms with van der Waals surface area (Å²) >= 11 is 1.69. The molecular weight excluding hydrogens is 519 g/mol. The number of nitrogens with one attached hydrogen (secondary N) is 3. The van der Waals surface area contributed by atoms with E-state index in [9.17, 15) is 0 Å². The summed E-state index contributed by atoms with van der Waals surface area (Å²) in [4.78, 5) is 11.5. The number of anilines is 1. The molecule has 2 heterocycles. The minimum absolute atomic E-state index is 0. The number of nitrogens with zero attached hydrogens (tertiary/aromatic N) is 3. The van der Waals surface area contributed by atoms with Gasteiger partial charge in [-0.05, 0) is 30.5 Å². The molecule has 3 aromatic rings. The number of para-hydroxylation sites is 1. The summed E-state index contributed by atoms with van der Waals surface area (Å²) in [5.41, 5.74) is 2.44. The van der Waals surface area contributed by atoms with Crippen molar-refractivity contribution in [1.29, 1.82) is 0 Å². The molecule has 166 valence electrons. The van der Waals surface area contributed by atoms with Gasteiger partial charge in [-0.25, -0.2) is 4.98 Å². The Balaban J connectivity index is 0.00000272. The van der Waals surface area contributed by atoms with Gasteiger partial charge in [0.05, 0.1) is 10.2 Å². The number of piperidine rings is 1. The number of halogens is 1. The summed E-state index contributed by atoms with van der Waals surface area (Å²) in [6, 6.07) is 19.4. The molecule has 3 N–H and O–H groups in total. The second kappa shape index (κ2) is 12.2. The highest BCUT2D eigenvalue weighted by Gasteiger charge is 2.19. The van der Waals surface area contributed by atoms with Crippen LogP contribution in [0.25, 0.3) is 10.2 Å². The third-order valence-corrected chi connectivity index (χ3v) is 6.38. The first-order valence-electron chi connectivity index (χ1n) is 10.6. The lowest BCUT2D eigenvalue weighted by atomic mass is 10.0. The molecule has 1 fully saturated rings. The number of likely N-dealkylation sites (tertiary alicyclic amines) is 1. The Morgan fingerprint density at radius 2 is 1.81 bits per heavy atom. The molecule has 6 nitrogen and oxygen atoms in total. The minimum Gasteiger partial charge on any atom is -0.360 e. The molecule has 0 radical (unpaired) electrons. The Hall–Kier alpha value is -1.91. The van der Waals surface area contributed by atoms with Gasteiger partial charge < -0.3 is 16.0 Å². The molecule has 0 amide bonds. The van der Waals surface area contributed by atoms with Crippen LogP contribution in [0.5, 0.6) is 0 Å². The van der Waals surface area contributed by atoms with Crippen molar-refractivity contribution < 1.29 is 0 Å². The van der Waals surface area contributed by atoms with Gasteiger partial charge in [0.1, 0.15) is 0 Å². The molecule has 1 aliphatic heterocycles. The second-order valence-electron chi connectivity index (χ2n) is 7.59. The van der Waals surface area contributed by atoms with E-state index in [0.717, 1.165) is 62.2 Å². The Bertz CT molecular complexity index is 920. The minimum atomic E-state index is 0. The van der Waals surface area contributed by atoms with Crippen molar-refractivity contribution in [2.75, 3.05) is 38.5 Å². The number of hydrogen-bond acceptors (Lipinski definition) is 5. The van der Waals surface area contributed by atoms with Crippen molar-refractivity contribution in [3.05, 3.63) is 60.2 Å². The smallest absolute Gasteiger partial charge is 0.191 e. The average Bonchev–Trinajstić information content (AvgIpc) is 3.21. The average molecular weight is 551 g/mol. The normalized spacial score (nSPS) is 15.5. The fraction of sp³-hybridized carbons (Fsp3) is 0.391. The van der Waals surface area contributed by atoms with E-state index in [4.69, 9.17) is 0 Å². The molecular formula is C23H31IN6S. The van der Waals surface area contributed by atoms with Gasteiger partial charge in [0.25, 0.3) is 0 Å². The highest BCUT2D eigenvalue weighted by Crippen LogP contribution is 2.24. The van der Waals surface area contributed by atoms with E-state index in [1.165, 1.54) is 10.3 Å². The first-order valence-corrected chi connectivity index (χ1v) is 11.4. The van der Waals surface area contributed by atoms with Crippen molar-refractivity contribution in [2.24, 2.45) is 4.99 Å². The van der Waals surface area contributed by atoms with Gasteiger partial charge in [-0.1, -0.05) is 53.8 Å². The van der Waals surface area contributed by atoms with Crippen LogP contribution in [0.1, 0.15) is 18.4 Å². The van der Waals surface area contributed by atoms with Crippen molar-refractivity contribution in [2.45, 2.75) is 25.4 Å². The molecule has 4 rings (SSSR count). The molecule has 0 atom stereocenters. The van der Waals surface area contributed by atoms with Gasteiger partial charge in [-0.3, -0.25) is 9.89 Å². The maximum Gasteiger partial charge on any atom is 0.191 e. The molecule has 0 bridgehead atoms. The molecule has 1 aromatic heterocycles. The van der Waals surface area contributed by atoms with Crippen LogP contribution in [-0.4, -0.2) is 55.1 Å². The van der Waals surface area contributed by atoms with Gasteiger partial charge in [-0.2, -0.15) is 0 Å². The van der Waals surface area contributed by atoms with Gasteiger partial charge in [0, 0.05) is 45.8 Å². The molecule has 0 unspecified atom stereocenters. The number of fused-ring (bicyclic) bond motifs is 1. The molecule has 1 saturated heterocycles. The van der Waals surface area contributed by atoms with Crippen LogP contribution in [0.15, 0.2) is 59.6 Å². The van der Waals surface area contributed by atoms with E-state index in [1.54, 1.807) is 11.3 Å². The first kappa shape index (κ1) is 23.7. The van der Waals surface area contributed by atoms with Crippen molar-refractivity contribution in [1.82, 2.24) is 20.5 Å². The first-order chi connectivity index (χ1) is 14.8. The summed E-state index contributed by atoms with van der Waals surface area (Å²) in [5, 5.41) is 11.4. The fourth-order valence-electron chi connectivity index (χ4n) is 3.76. The molecule has 0 saturated carbocycles. The Morgan fingerprint density at radius 3 is 2.55 bits per heavy atom. The largest absolute Gasteiger partial charge is 0.360 e. The van der Waals surface area contributed by atoms with Crippen LogP contribution >= 0.6 is 35.3 Å². The van der Waals surface area contributed by atoms with Gasteiger partial charge in [-0.15, -0.1) is 24.0 Å². The van der Waals surface area contributed by atoms with E-state index >= 15 is 0 Å². The Labute approximate surface area is 205 Å². The number of guanidine groups is 1. The quantitative estimate of drug-likeness (QED) is 0.179. The highest BCUT2D eigenvalue weighted by atomic mass is 127. The summed E-state index contributed by atoms with van der Waals surface area (Å²) in [5.74, 6) is 0.877. The third kappa shape index (κ3) is 7.05. The standard InChI is InChI=1S/C23H30N6S.HI/c1-24-22(25-13-14-26-23-28-20-9-5-6-10-21(20)30-23)27-19-11-15-29(16-12-19)17-18-7-3-2-4-8-18;/h2-10,19H,11-17H2,1H3,(H,26,28)(H2,24,25,27);1H. The third-order valence-electron chi connectivity index (χ3n) is 5.39.